The number of hydrogen-bond acceptors (Lipinski definition) is 4. The van der Waals surface area contributed by atoms with Crippen LogP contribution in [0.15, 0.2) is 69.4 Å². The fourth-order valence-corrected chi connectivity index (χ4v) is 2.97. The minimum Gasteiger partial charge on any atom is -0.478 e. The molecule has 0 spiro atoms. The van der Waals surface area contributed by atoms with Gasteiger partial charge in [-0.3, -0.25) is 9.79 Å². The third kappa shape index (κ3) is 3.78. The van der Waals surface area contributed by atoms with Crippen LogP contribution >= 0.6 is 0 Å². The molecule has 8 heteroatoms. The van der Waals surface area contributed by atoms with Gasteiger partial charge in [0.25, 0.3) is 5.91 Å². The fourth-order valence-electron chi connectivity index (χ4n) is 2.97. The monoisotopic (exact) mass is 377 g/mol. The van der Waals surface area contributed by atoms with Crippen LogP contribution in [0.2, 0.25) is 0 Å². The van der Waals surface area contributed by atoms with Crippen LogP contribution in [0.4, 0.5) is 5.82 Å². The Hall–Kier alpha value is -3.86. The van der Waals surface area contributed by atoms with Crippen molar-refractivity contribution in [2.75, 3.05) is 12.4 Å². The van der Waals surface area contributed by atoms with Gasteiger partial charge in [0.15, 0.2) is 5.96 Å². The van der Waals surface area contributed by atoms with E-state index < -0.39 is 17.9 Å². The molecule has 1 aliphatic heterocycles. The summed E-state index contributed by atoms with van der Waals surface area (Å²) in [5.41, 5.74) is 8.73. The maximum absolute atomic E-state index is 13.1. The molecule has 4 N–H and O–H groups in total. The Morgan fingerprint density at radius 3 is 2.82 bits per heavy atom. The van der Waals surface area contributed by atoms with Crippen LogP contribution in [-0.4, -0.2) is 41.0 Å². The number of guanidine groups is 1. The van der Waals surface area contributed by atoms with Crippen molar-refractivity contribution in [1.82, 2.24) is 15.6 Å². The fraction of sp³-hybridized carbons (Fsp3) is 0.200. The molecule has 1 aromatic rings. The highest BCUT2D eigenvalue weighted by atomic mass is 16.4. The van der Waals surface area contributed by atoms with E-state index in [4.69, 9.17) is 5.11 Å². The van der Waals surface area contributed by atoms with E-state index in [9.17, 15) is 9.59 Å². The number of rotatable bonds is 4. The highest BCUT2D eigenvalue weighted by molar-refractivity contribution is 6.07. The lowest BCUT2D eigenvalue weighted by Crippen LogP contribution is -2.52. The predicted octanol–water partition coefficient (Wildman–Crippen LogP) is 1.74. The van der Waals surface area contributed by atoms with E-state index in [0.717, 1.165) is 11.1 Å². The minimum atomic E-state index is -1.09. The number of aromatic carboxylic acids is 1. The normalized spacial score (nSPS) is 19.5. The van der Waals surface area contributed by atoms with E-state index in [0.29, 0.717) is 17.2 Å². The summed E-state index contributed by atoms with van der Waals surface area (Å²) in [5.74, 6) is -0.802. The van der Waals surface area contributed by atoms with E-state index in [1.165, 1.54) is 18.3 Å². The Kier molecular flexibility index (Phi) is 5.27. The van der Waals surface area contributed by atoms with Crippen molar-refractivity contribution in [2.45, 2.75) is 19.9 Å². The highest BCUT2D eigenvalue weighted by Crippen LogP contribution is 2.25. The van der Waals surface area contributed by atoms with Crippen molar-refractivity contribution in [3.8, 4) is 0 Å². The van der Waals surface area contributed by atoms with Crippen molar-refractivity contribution < 1.29 is 14.7 Å². The molecule has 0 aromatic carbocycles. The summed E-state index contributed by atoms with van der Waals surface area (Å²) in [4.78, 5) is 32.4. The molecular weight excluding hydrogens is 358 g/mol. The number of hydrogen-bond donors (Lipinski definition) is 4. The third-order valence-electron chi connectivity index (χ3n) is 4.35. The number of anilines is 1. The van der Waals surface area contributed by atoms with Gasteiger partial charge in [0.1, 0.15) is 5.82 Å². The van der Waals surface area contributed by atoms with Crippen molar-refractivity contribution in [3.05, 3.63) is 69.9 Å². The van der Waals surface area contributed by atoms with Gasteiger partial charge in [-0.2, -0.15) is 0 Å². The summed E-state index contributed by atoms with van der Waals surface area (Å²) in [5, 5.41) is 18.1. The lowest BCUT2D eigenvalue weighted by atomic mass is 9.89. The topological polar surface area (TPSA) is 116 Å². The zero-order valence-electron chi connectivity index (χ0n) is 15.6. The van der Waals surface area contributed by atoms with Crippen molar-refractivity contribution in [1.29, 1.82) is 0 Å². The maximum Gasteiger partial charge on any atom is 0.335 e. The van der Waals surface area contributed by atoms with Crippen molar-refractivity contribution >= 4 is 23.7 Å². The molecule has 1 unspecified atom stereocenters. The predicted molar refractivity (Wildman–Crippen MR) is 105 cm³/mol. The summed E-state index contributed by atoms with van der Waals surface area (Å²) < 4.78 is 0. The summed E-state index contributed by atoms with van der Waals surface area (Å²) in [6.07, 6.45) is 4.94. The number of aliphatic imine (C=N–C) groups is 1. The lowest BCUT2D eigenvalue weighted by Gasteiger charge is -2.32. The number of pyridine rings is 1. The SMILES string of the molecule is CN=C1NC(C)=C(C(=O)Nc2cc(C(=O)O)ccn2)C(C2=CC=C=C=C2C)N1. The van der Waals surface area contributed by atoms with Gasteiger partial charge in [-0.15, -0.1) is 0 Å². The molecule has 0 saturated heterocycles. The second-order valence-electron chi connectivity index (χ2n) is 6.19. The number of carboxylic acid groups (broad SMARTS) is 1. The molecule has 28 heavy (non-hydrogen) atoms. The number of nitrogens with zero attached hydrogens (tertiary/aromatic N) is 2. The molecule has 2 aliphatic rings. The molecule has 1 aliphatic carbocycles. The van der Waals surface area contributed by atoms with E-state index in [1.54, 1.807) is 20.0 Å². The van der Waals surface area contributed by atoms with Gasteiger partial charge < -0.3 is 21.1 Å². The van der Waals surface area contributed by atoms with Crippen LogP contribution in [0.3, 0.4) is 0 Å². The van der Waals surface area contributed by atoms with Crippen LogP contribution in [0.1, 0.15) is 24.2 Å². The Labute approximate surface area is 161 Å². The Morgan fingerprint density at radius 1 is 1.36 bits per heavy atom. The standard InChI is InChI=1S/C20H19N5O3/c1-11-6-4-5-7-14(11)17-16(12(2)23-20(21-3)25-17)18(26)24-15-10-13(19(27)28)8-9-22-15/h5,7-10,17H,1-3H3,(H,27,28)(H2,21,23,25)(H,22,24,26). The molecule has 0 saturated carbocycles. The van der Waals surface area contributed by atoms with Crippen LogP contribution in [-0.2, 0) is 4.79 Å². The van der Waals surface area contributed by atoms with Gasteiger partial charge >= 0.3 is 5.97 Å². The van der Waals surface area contributed by atoms with Crippen LogP contribution in [0.25, 0.3) is 0 Å². The lowest BCUT2D eigenvalue weighted by molar-refractivity contribution is -0.113. The number of amides is 1. The smallest absolute Gasteiger partial charge is 0.335 e. The number of allylic oxidation sites excluding steroid dienone is 3. The first-order valence-electron chi connectivity index (χ1n) is 8.51. The Balaban J connectivity index is 1.96. The molecule has 142 valence electrons. The second-order valence-corrected chi connectivity index (χ2v) is 6.19. The number of carboxylic acids is 1. The second kappa shape index (κ2) is 7.80. The first-order chi connectivity index (χ1) is 13.4. The molecule has 8 nitrogen and oxygen atoms in total. The molecule has 0 radical (unpaired) electrons. The van der Waals surface area contributed by atoms with Gasteiger partial charge in [-0.1, -0.05) is 11.5 Å². The molecule has 1 amide bonds. The van der Waals surface area contributed by atoms with Gasteiger partial charge in [0.2, 0.25) is 0 Å². The largest absolute Gasteiger partial charge is 0.478 e. The van der Waals surface area contributed by atoms with Crippen molar-refractivity contribution in [3.63, 3.8) is 0 Å². The molecule has 0 bridgehead atoms. The number of nitrogens with one attached hydrogen (secondary N) is 3. The molecule has 2 heterocycles. The van der Waals surface area contributed by atoms with E-state index in [1.807, 2.05) is 13.0 Å². The van der Waals surface area contributed by atoms with Gasteiger partial charge in [-0.25, -0.2) is 9.78 Å². The third-order valence-corrected chi connectivity index (χ3v) is 4.35. The molecular formula is C20H19N5O3. The highest BCUT2D eigenvalue weighted by Gasteiger charge is 2.32. The molecule has 1 aromatic heterocycles. The van der Waals surface area contributed by atoms with Gasteiger partial charge in [0.05, 0.1) is 17.2 Å². The summed E-state index contributed by atoms with van der Waals surface area (Å²) in [6, 6.07) is 2.21. The Bertz CT molecular complexity index is 1050. The first kappa shape index (κ1) is 18.9. The van der Waals surface area contributed by atoms with Gasteiger partial charge in [-0.05, 0) is 43.7 Å². The van der Waals surface area contributed by atoms with Crippen LogP contribution < -0.4 is 16.0 Å². The minimum absolute atomic E-state index is 0.0388. The number of carbonyl (C=O) groups excluding carboxylic acids is 1. The van der Waals surface area contributed by atoms with Crippen molar-refractivity contribution in [2.24, 2.45) is 4.99 Å². The summed E-state index contributed by atoms with van der Waals surface area (Å²) in [6.45, 7) is 3.67. The average molecular weight is 377 g/mol. The zero-order valence-corrected chi connectivity index (χ0v) is 15.6. The number of aromatic nitrogens is 1. The quantitative estimate of drug-likeness (QED) is 0.594. The first-order valence-corrected chi connectivity index (χ1v) is 8.51. The van der Waals surface area contributed by atoms with Crippen LogP contribution in [0.5, 0.6) is 0 Å². The summed E-state index contributed by atoms with van der Waals surface area (Å²) >= 11 is 0. The molecule has 1 atom stereocenters. The maximum atomic E-state index is 13.1. The Morgan fingerprint density at radius 2 is 2.14 bits per heavy atom. The van der Waals surface area contributed by atoms with E-state index in [-0.39, 0.29) is 11.4 Å². The van der Waals surface area contributed by atoms with Crippen LogP contribution in [0, 0.1) is 0 Å². The average Bonchev–Trinajstić information content (AvgIpc) is 2.67. The molecule has 3 rings (SSSR count). The van der Waals surface area contributed by atoms with E-state index >= 15 is 0 Å². The molecule has 0 fully saturated rings. The number of carbonyl (C=O) groups is 2. The van der Waals surface area contributed by atoms with Gasteiger partial charge in [0, 0.05) is 24.5 Å². The van der Waals surface area contributed by atoms with E-state index in [2.05, 4.69) is 37.4 Å². The summed E-state index contributed by atoms with van der Waals surface area (Å²) in [7, 11) is 1.64. The zero-order chi connectivity index (χ0) is 20.3.